The Morgan fingerprint density at radius 1 is 0.588 bits per heavy atom. The van der Waals surface area contributed by atoms with Gasteiger partial charge in [0.1, 0.15) is 0 Å². The van der Waals surface area contributed by atoms with E-state index in [9.17, 15) is 0 Å². The fraction of sp³-hybridized carbons (Fsp3) is 0.125. The number of rotatable bonds is 2. The van der Waals surface area contributed by atoms with Crippen LogP contribution >= 0.6 is 0 Å². The van der Waals surface area contributed by atoms with Crippen molar-refractivity contribution in [3.05, 3.63) is 109 Å². The Balaban J connectivity index is 1.63. The van der Waals surface area contributed by atoms with E-state index in [4.69, 9.17) is 9.97 Å². The van der Waals surface area contributed by atoms with Crippen LogP contribution in [0.5, 0.6) is 0 Å². The molecule has 2 heterocycles. The molecule has 0 unspecified atom stereocenters. The second-order valence-electron chi connectivity index (χ2n) is 9.94. The Hall–Kier alpha value is -4.04. The van der Waals surface area contributed by atoms with Crippen molar-refractivity contribution in [3.63, 3.8) is 0 Å². The van der Waals surface area contributed by atoms with Gasteiger partial charge in [-0.05, 0) is 50.9 Å². The number of fused-ring (bicyclic) bond motifs is 4. The Morgan fingerprint density at radius 3 is 2.18 bits per heavy atom. The molecule has 0 bridgehead atoms. The number of para-hydroxylation sites is 1. The summed E-state index contributed by atoms with van der Waals surface area (Å²) in [5, 5.41) is 5.95. The van der Waals surface area contributed by atoms with Crippen molar-refractivity contribution in [3.8, 4) is 22.4 Å². The van der Waals surface area contributed by atoms with Crippen molar-refractivity contribution in [1.29, 1.82) is 0 Å². The smallest absolute Gasteiger partial charge is 0.0796 e. The van der Waals surface area contributed by atoms with Gasteiger partial charge in [-0.1, -0.05) is 93.6 Å². The second-order valence-corrected chi connectivity index (χ2v) is 9.94. The Morgan fingerprint density at radius 2 is 1.35 bits per heavy atom. The molecule has 0 amide bonds. The van der Waals surface area contributed by atoms with Crippen LogP contribution in [0.2, 0.25) is 0 Å². The van der Waals surface area contributed by atoms with Gasteiger partial charge >= 0.3 is 0 Å². The zero-order chi connectivity index (χ0) is 23.3. The van der Waals surface area contributed by atoms with Crippen molar-refractivity contribution >= 4 is 32.4 Å². The lowest BCUT2D eigenvalue weighted by Crippen LogP contribution is -2.12. The molecule has 0 N–H and O–H groups in total. The summed E-state index contributed by atoms with van der Waals surface area (Å²) in [4.78, 5) is 9.82. The molecule has 164 valence electrons. The summed E-state index contributed by atoms with van der Waals surface area (Å²) in [5.74, 6) is 0. The van der Waals surface area contributed by atoms with Crippen LogP contribution < -0.4 is 0 Å². The summed E-state index contributed by atoms with van der Waals surface area (Å²) in [6.45, 7) is 6.82. The molecule has 0 aliphatic carbocycles. The molecule has 0 radical (unpaired) electrons. The molecular weight excluding hydrogens is 412 g/mol. The number of hydrogen-bond donors (Lipinski definition) is 0. The third-order valence-electron chi connectivity index (χ3n) is 6.67. The predicted octanol–water partition coefficient (Wildman–Crippen LogP) is 8.57. The highest BCUT2D eigenvalue weighted by atomic mass is 14.7. The molecule has 0 aliphatic rings. The molecule has 0 aliphatic heterocycles. The van der Waals surface area contributed by atoms with E-state index in [2.05, 4.69) is 106 Å². The topological polar surface area (TPSA) is 25.8 Å². The zero-order valence-corrected chi connectivity index (χ0v) is 19.7. The molecule has 0 spiro atoms. The van der Waals surface area contributed by atoms with Gasteiger partial charge in [-0.2, -0.15) is 0 Å². The predicted molar refractivity (Wildman–Crippen MR) is 144 cm³/mol. The minimum absolute atomic E-state index is 0.0235. The van der Waals surface area contributed by atoms with E-state index < -0.39 is 0 Å². The van der Waals surface area contributed by atoms with Crippen LogP contribution in [0.1, 0.15) is 26.3 Å². The lowest BCUT2D eigenvalue weighted by Gasteiger charge is -2.23. The number of nitrogens with zero attached hydrogens (tertiary/aromatic N) is 2. The second kappa shape index (κ2) is 7.78. The highest BCUT2D eigenvalue weighted by molar-refractivity contribution is 6.13. The van der Waals surface area contributed by atoms with E-state index in [-0.39, 0.29) is 5.41 Å². The monoisotopic (exact) mass is 438 g/mol. The van der Waals surface area contributed by atoms with Gasteiger partial charge in [-0.3, -0.25) is 9.97 Å². The van der Waals surface area contributed by atoms with E-state index in [0.717, 1.165) is 33.1 Å². The number of aromatic nitrogens is 2. The molecule has 6 rings (SSSR count). The van der Waals surface area contributed by atoms with Crippen molar-refractivity contribution in [2.45, 2.75) is 26.2 Å². The summed E-state index contributed by atoms with van der Waals surface area (Å²) in [7, 11) is 0. The largest absolute Gasteiger partial charge is 0.256 e. The van der Waals surface area contributed by atoms with E-state index in [0.29, 0.717) is 0 Å². The molecule has 0 saturated carbocycles. The summed E-state index contributed by atoms with van der Waals surface area (Å²) in [6, 6.07) is 32.2. The van der Waals surface area contributed by atoms with Crippen molar-refractivity contribution in [1.82, 2.24) is 9.97 Å². The highest BCUT2D eigenvalue weighted by Crippen LogP contribution is 2.38. The maximum Gasteiger partial charge on any atom is 0.0796 e. The van der Waals surface area contributed by atoms with Gasteiger partial charge in [-0.15, -0.1) is 0 Å². The van der Waals surface area contributed by atoms with Crippen LogP contribution in [0.25, 0.3) is 54.8 Å². The van der Waals surface area contributed by atoms with Crippen LogP contribution in [0.4, 0.5) is 0 Å². The first-order valence-corrected chi connectivity index (χ1v) is 11.8. The van der Waals surface area contributed by atoms with Crippen molar-refractivity contribution in [2.75, 3.05) is 0 Å². The molecule has 34 heavy (non-hydrogen) atoms. The first kappa shape index (κ1) is 20.6. The van der Waals surface area contributed by atoms with E-state index in [1.165, 1.54) is 27.3 Å². The van der Waals surface area contributed by atoms with Gasteiger partial charge in [-0.25, -0.2) is 0 Å². The third-order valence-corrected chi connectivity index (χ3v) is 6.67. The van der Waals surface area contributed by atoms with Crippen LogP contribution in [0, 0.1) is 0 Å². The van der Waals surface area contributed by atoms with E-state index in [1.54, 1.807) is 0 Å². The van der Waals surface area contributed by atoms with E-state index >= 15 is 0 Å². The Bertz CT molecular complexity index is 1680. The van der Waals surface area contributed by atoms with Crippen LogP contribution in [-0.2, 0) is 5.41 Å². The van der Waals surface area contributed by atoms with Gasteiger partial charge in [0.15, 0.2) is 0 Å². The quantitative estimate of drug-likeness (QED) is 0.253. The highest BCUT2D eigenvalue weighted by Gasteiger charge is 2.19. The van der Waals surface area contributed by atoms with Gasteiger partial charge < -0.3 is 0 Å². The maximum atomic E-state index is 4.97. The van der Waals surface area contributed by atoms with Crippen LogP contribution in [-0.4, -0.2) is 9.97 Å². The summed E-state index contributed by atoms with van der Waals surface area (Å²) >= 11 is 0. The summed E-state index contributed by atoms with van der Waals surface area (Å²) in [6.07, 6.45) is 3.93. The SMILES string of the molecule is CC(C)(C)c1cc(-c2nccc3c2cnc2c(-c4ccccc4)cccc23)cc2ccccc12. The van der Waals surface area contributed by atoms with Gasteiger partial charge in [0.05, 0.1) is 11.2 Å². The van der Waals surface area contributed by atoms with Gasteiger partial charge in [0, 0.05) is 34.3 Å². The molecule has 6 aromatic rings. The summed E-state index contributed by atoms with van der Waals surface area (Å²) in [5.41, 5.74) is 6.82. The molecular formula is C32H26N2. The molecule has 0 fully saturated rings. The fourth-order valence-corrected chi connectivity index (χ4v) is 5.02. The number of pyridine rings is 2. The number of hydrogen-bond acceptors (Lipinski definition) is 2. The Kier molecular flexibility index (Phi) is 4.70. The molecule has 0 saturated heterocycles. The average Bonchev–Trinajstić information content (AvgIpc) is 2.87. The third kappa shape index (κ3) is 3.34. The zero-order valence-electron chi connectivity index (χ0n) is 19.7. The van der Waals surface area contributed by atoms with Crippen molar-refractivity contribution in [2.24, 2.45) is 0 Å². The number of benzene rings is 4. The van der Waals surface area contributed by atoms with Gasteiger partial charge in [0.25, 0.3) is 0 Å². The minimum atomic E-state index is 0.0235. The minimum Gasteiger partial charge on any atom is -0.256 e. The molecule has 0 atom stereocenters. The van der Waals surface area contributed by atoms with Gasteiger partial charge in [0.2, 0.25) is 0 Å². The van der Waals surface area contributed by atoms with E-state index in [1.807, 2.05) is 18.5 Å². The first-order valence-electron chi connectivity index (χ1n) is 11.8. The molecule has 2 nitrogen and oxygen atoms in total. The maximum absolute atomic E-state index is 4.97. The standard InChI is InChI=1S/C32H26N2/c1-32(2,3)29-19-23(18-22-12-7-8-13-24(22)29)30-28-20-34-31-25(21-10-5-4-6-11-21)14-9-15-27(31)26(28)16-17-33-30/h4-20H,1-3H3. The molecule has 2 heteroatoms. The molecule has 4 aromatic carbocycles. The lowest BCUT2D eigenvalue weighted by atomic mass is 9.82. The molecule has 2 aromatic heterocycles. The lowest BCUT2D eigenvalue weighted by molar-refractivity contribution is 0.596. The first-order chi connectivity index (χ1) is 16.5. The fourth-order valence-electron chi connectivity index (χ4n) is 5.02. The normalized spacial score (nSPS) is 12.0. The average molecular weight is 439 g/mol. The summed E-state index contributed by atoms with van der Waals surface area (Å²) < 4.78 is 0. The van der Waals surface area contributed by atoms with Crippen LogP contribution in [0.15, 0.2) is 103 Å². The Labute approximate surface area is 199 Å². The van der Waals surface area contributed by atoms with Crippen LogP contribution in [0.3, 0.4) is 0 Å². The van der Waals surface area contributed by atoms with Crippen molar-refractivity contribution < 1.29 is 0 Å².